The number of urea groups is 1. The number of likely N-dealkylation sites (tertiary alicyclic amines) is 1. The number of amides is 3. The Hall–Kier alpha value is -2.08. The minimum absolute atomic E-state index is 0.113. The van der Waals surface area contributed by atoms with Crippen molar-refractivity contribution >= 4 is 17.6 Å². The summed E-state index contributed by atoms with van der Waals surface area (Å²) in [4.78, 5) is 31.0. The highest BCUT2D eigenvalue weighted by Crippen LogP contribution is 2.47. The Labute approximate surface area is 173 Å². The molecule has 1 radical (unpaired) electrons. The second-order valence-corrected chi connectivity index (χ2v) is 9.28. The fourth-order valence-electron chi connectivity index (χ4n) is 5.79. The second kappa shape index (κ2) is 7.01. The second-order valence-electron chi connectivity index (χ2n) is 9.28. The van der Waals surface area contributed by atoms with Crippen molar-refractivity contribution in [1.29, 1.82) is 0 Å². The van der Waals surface area contributed by atoms with Gasteiger partial charge < -0.3 is 15.5 Å². The molecule has 3 aliphatic heterocycles. The molecule has 1 aromatic carbocycles. The first-order valence-corrected chi connectivity index (χ1v) is 11.1. The zero-order valence-electron chi connectivity index (χ0n) is 17.1. The molecule has 3 amide bonds. The summed E-state index contributed by atoms with van der Waals surface area (Å²) in [6.07, 6.45) is 10.4. The van der Waals surface area contributed by atoms with E-state index in [0.717, 1.165) is 12.1 Å². The third-order valence-corrected chi connectivity index (χ3v) is 7.81. The van der Waals surface area contributed by atoms with Gasteiger partial charge in [-0.05, 0) is 81.3 Å². The van der Waals surface area contributed by atoms with Crippen LogP contribution >= 0.6 is 0 Å². The average Bonchev–Trinajstić information content (AvgIpc) is 3.40. The van der Waals surface area contributed by atoms with Gasteiger partial charge in [-0.3, -0.25) is 9.69 Å². The van der Waals surface area contributed by atoms with Gasteiger partial charge in [-0.1, -0.05) is 18.6 Å². The molecule has 1 aliphatic carbocycles. The quantitative estimate of drug-likeness (QED) is 0.805. The van der Waals surface area contributed by atoms with Crippen LogP contribution in [0.5, 0.6) is 0 Å². The van der Waals surface area contributed by atoms with Crippen LogP contribution < -0.4 is 10.6 Å². The third-order valence-electron chi connectivity index (χ3n) is 7.81. The van der Waals surface area contributed by atoms with Gasteiger partial charge in [0.2, 0.25) is 5.91 Å². The summed E-state index contributed by atoms with van der Waals surface area (Å²) in [6, 6.07) is 8.41. The molecule has 6 nitrogen and oxygen atoms in total. The first kappa shape index (κ1) is 18.9. The number of hydrogen-bond acceptors (Lipinski definition) is 3. The molecule has 0 aromatic heterocycles. The zero-order chi connectivity index (χ0) is 20.1. The molecular formula is C23H31N4O2. The fourth-order valence-corrected chi connectivity index (χ4v) is 5.79. The number of hydrogen-bond donors (Lipinski definition) is 1. The number of carbonyl (C=O) groups is 2. The van der Waals surface area contributed by atoms with E-state index in [1.54, 1.807) is 9.80 Å². The van der Waals surface area contributed by atoms with Gasteiger partial charge in [0.15, 0.2) is 0 Å². The van der Waals surface area contributed by atoms with Crippen LogP contribution in [0, 0.1) is 6.42 Å². The fraction of sp³-hybridized carbons (Fsp3) is 0.609. The van der Waals surface area contributed by atoms with Gasteiger partial charge in [-0.15, -0.1) is 0 Å². The van der Waals surface area contributed by atoms with E-state index in [1.807, 2.05) is 6.42 Å². The van der Waals surface area contributed by atoms with Gasteiger partial charge in [0.1, 0.15) is 5.54 Å². The summed E-state index contributed by atoms with van der Waals surface area (Å²) in [6.45, 7) is 4.58. The molecule has 0 spiro atoms. The van der Waals surface area contributed by atoms with Crippen LogP contribution in [-0.2, 0) is 10.2 Å². The highest BCUT2D eigenvalue weighted by molar-refractivity contribution is 6.04. The lowest BCUT2D eigenvalue weighted by Crippen LogP contribution is -2.53. The summed E-state index contributed by atoms with van der Waals surface area (Å²) >= 11 is 0. The molecule has 6 heteroatoms. The van der Waals surface area contributed by atoms with Crippen LogP contribution in [-0.4, -0.2) is 60.0 Å². The van der Waals surface area contributed by atoms with Crippen molar-refractivity contribution in [3.63, 3.8) is 0 Å². The molecule has 29 heavy (non-hydrogen) atoms. The molecule has 3 heterocycles. The Morgan fingerprint density at radius 1 is 1.03 bits per heavy atom. The summed E-state index contributed by atoms with van der Waals surface area (Å²) in [7, 11) is 0. The predicted octanol–water partition coefficient (Wildman–Crippen LogP) is 2.67. The lowest BCUT2D eigenvalue weighted by atomic mass is 9.62. The van der Waals surface area contributed by atoms with E-state index < -0.39 is 11.4 Å². The monoisotopic (exact) mass is 395 g/mol. The van der Waals surface area contributed by atoms with Gasteiger partial charge in [-0.2, -0.15) is 0 Å². The lowest BCUT2D eigenvalue weighted by Gasteiger charge is -2.43. The number of rotatable bonds is 6. The van der Waals surface area contributed by atoms with Crippen molar-refractivity contribution in [2.45, 2.75) is 55.9 Å². The van der Waals surface area contributed by atoms with Crippen LogP contribution in [0.25, 0.3) is 0 Å². The highest BCUT2D eigenvalue weighted by Gasteiger charge is 2.56. The average molecular weight is 396 g/mol. The highest BCUT2D eigenvalue weighted by atomic mass is 16.2. The molecule has 5 rings (SSSR count). The van der Waals surface area contributed by atoms with Gasteiger partial charge >= 0.3 is 6.03 Å². The Morgan fingerprint density at radius 2 is 1.76 bits per heavy atom. The van der Waals surface area contributed by atoms with Crippen molar-refractivity contribution in [1.82, 2.24) is 9.80 Å². The molecule has 0 unspecified atom stereocenters. The SMILES string of the molecule is NC(=O)[C@]12[CH]CCN1C(=O)N(c1ccc(C3(CCN4CCCC4)CCC3)cc1)C2. The molecule has 2 N–H and O–H groups in total. The number of anilines is 1. The van der Waals surface area contributed by atoms with Crippen LogP contribution in [0.15, 0.2) is 24.3 Å². The van der Waals surface area contributed by atoms with E-state index in [2.05, 4.69) is 29.2 Å². The van der Waals surface area contributed by atoms with Crippen molar-refractivity contribution in [3.05, 3.63) is 36.2 Å². The summed E-state index contributed by atoms with van der Waals surface area (Å²) in [5, 5.41) is 0. The van der Waals surface area contributed by atoms with E-state index in [4.69, 9.17) is 5.73 Å². The molecule has 1 atom stereocenters. The minimum atomic E-state index is -0.944. The largest absolute Gasteiger partial charge is 0.368 e. The Morgan fingerprint density at radius 3 is 2.34 bits per heavy atom. The number of nitrogens with zero attached hydrogens (tertiary/aromatic N) is 3. The molecule has 0 bridgehead atoms. The van der Waals surface area contributed by atoms with E-state index >= 15 is 0 Å². The van der Waals surface area contributed by atoms with Crippen molar-refractivity contribution < 1.29 is 9.59 Å². The number of fused-ring (bicyclic) bond motifs is 1. The Balaban J connectivity index is 1.32. The number of benzene rings is 1. The summed E-state index contributed by atoms with van der Waals surface area (Å²) < 4.78 is 0. The Kier molecular flexibility index (Phi) is 4.57. The molecule has 4 aliphatic rings. The maximum Gasteiger partial charge on any atom is 0.325 e. The molecule has 155 valence electrons. The third kappa shape index (κ3) is 2.95. The molecular weight excluding hydrogens is 364 g/mol. The Bertz CT molecular complexity index is 798. The van der Waals surface area contributed by atoms with Crippen molar-refractivity contribution in [2.24, 2.45) is 5.73 Å². The van der Waals surface area contributed by atoms with E-state index in [-0.39, 0.29) is 6.03 Å². The number of carbonyl (C=O) groups excluding carboxylic acids is 2. The predicted molar refractivity (Wildman–Crippen MR) is 113 cm³/mol. The summed E-state index contributed by atoms with van der Waals surface area (Å²) in [5.41, 5.74) is 7.29. The summed E-state index contributed by atoms with van der Waals surface area (Å²) in [5.74, 6) is -0.433. The van der Waals surface area contributed by atoms with Crippen LogP contribution in [0.1, 0.15) is 50.5 Å². The molecule has 1 saturated carbocycles. The molecule has 1 aromatic rings. The van der Waals surface area contributed by atoms with Crippen LogP contribution in [0.2, 0.25) is 0 Å². The molecule has 4 fully saturated rings. The maximum atomic E-state index is 12.9. The van der Waals surface area contributed by atoms with Crippen molar-refractivity contribution in [3.8, 4) is 0 Å². The molecule has 3 saturated heterocycles. The number of nitrogens with two attached hydrogens (primary N) is 1. The lowest BCUT2D eigenvalue weighted by molar-refractivity contribution is -0.124. The van der Waals surface area contributed by atoms with Crippen molar-refractivity contribution in [2.75, 3.05) is 37.6 Å². The topological polar surface area (TPSA) is 69.9 Å². The van der Waals surface area contributed by atoms with E-state index in [1.165, 1.54) is 63.7 Å². The standard InChI is InChI=1S/C23H31N4O2/c24-20(28)23-11-4-15-27(23)21(29)26(17-23)19-7-5-18(6-8-19)22(9-3-10-22)12-16-25-13-1-2-14-25/h5-8,11H,1-4,9-10,12-17H2,(H2,24,28)/t23-/m1/s1. The zero-order valence-corrected chi connectivity index (χ0v) is 17.1. The first-order chi connectivity index (χ1) is 14.0. The van der Waals surface area contributed by atoms with Gasteiger partial charge in [0.05, 0.1) is 6.54 Å². The van der Waals surface area contributed by atoms with Gasteiger partial charge in [0, 0.05) is 18.7 Å². The normalized spacial score (nSPS) is 28.6. The first-order valence-electron chi connectivity index (χ1n) is 11.1. The minimum Gasteiger partial charge on any atom is -0.368 e. The van der Waals surface area contributed by atoms with E-state index in [0.29, 0.717) is 18.5 Å². The maximum absolute atomic E-state index is 12.9. The van der Waals surface area contributed by atoms with Crippen LogP contribution in [0.4, 0.5) is 10.5 Å². The van der Waals surface area contributed by atoms with Crippen LogP contribution in [0.3, 0.4) is 0 Å². The number of primary amides is 1. The van der Waals surface area contributed by atoms with E-state index in [9.17, 15) is 9.59 Å². The van der Waals surface area contributed by atoms with Gasteiger partial charge in [-0.25, -0.2) is 4.79 Å². The smallest absolute Gasteiger partial charge is 0.325 e. The van der Waals surface area contributed by atoms with Gasteiger partial charge in [0.25, 0.3) is 0 Å².